The Labute approximate surface area is 203 Å². The second kappa shape index (κ2) is 9.47. The standard InChI is InChI=1S/C25H26Cl2N4O2/c1-2-9-31-23-6-4-3-5-20(23)24(29-31)25(32)28-17-11-18-14-33-15-19(12-17)30(18)13-16-7-8-21(26)22(27)10-16/h2-10,17-19H,11-15H2,1H3,(H,28,32)/b9-2+. The van der Waals surface area contributed by atoms with Crippen LogP contribution in [-0.2, 0) is 11.3 Å². The molecule has 8 heteroatoms. The lowest BCUT2D eigenvalue weighted by atomic mass is 9.89. The first kappa shape index (κ1) is 22.4. The molecule has 0 spiro atoms. The number of carbonyl (C=O) groups is 1. The van der Waals surface area contributed by atoms with Gasteiger partial charge in [-0.3, -0.25) is 9.69 Å². The van der Waals surface area contributed by atoms with Crippen molar-refractivity contribution in [1.82, 2.24) is 20.0 Å². The van der Waals surface area contributed by atoms with Crippen LogP contribution < -0.4 is 5.32 Å². The first-order valence-corrected chi connectivity index (χ1v) is 12.0. The average molecular weight is 485 g/mol. The molecular formula is C25H26Cl2N4O2. The molecule has 6 nitrogen and oxygen atoms in total. The number of allylic oxidation sites excluding steroid dienone is 1. The Balaban J connectivity index is 1.31. The van der Waals surface area contributed by atoms with Crippen LogP contribution in [0.4, 0.5) is 0 Å². The molecule has 2 aliphatic rings. The highest BCUT2D eigenvalue weighted by molar-refractivity contribution is 6.42. The second-order valence-corrected chi connectivity index (χ2v) is 9.51. The number of carbonyl (C=O) groups excluding carboxylic acids is 1. The van der Waals surface area contributed by atoms with E-state index in [0.29, 0.717) is 29.0 Å². The van der Waals surface area contributed by atoms with Crippen molar-refractivity contribution in [3.05, 3.63) is 69.8 Å². The van der Waals surface area contributed by atoms with Gasteiger partial charge >= 0.3 is 0 Å². The summed E-state index contributed by atoms with van der Waals surface area (Å²) in [5.74, 6) is -0.128. The van der Waals surface area contributed by atoms with Crippen molar-refractivity contribution >= 4 is 46.2 Å². The summed E-state index contributed by atoms with van der Waals surface area (Å²) >= 11 is 12.3. The van der Waals surface area contributed by atoms with Crippen LogP contribution in [0.5, 0.6) is 0 Å². The lowest BCUT2D eigenvalue weighted by Crippen LogP contribution is -2.60. The number of ether oxygens (including phenoxy) is 1. The Hall–Kier alpha value is -2.38. The van der Waals surface area contributed by atoms with Crippen molar-refractivity contribution in [2.75, 3.05) is 13.2 Å². The first-order chi connectivity index (χ1) is 16.0. The molecule has 2 aliphatic heterocycles. The van der Waals surface area contributed by atoms with Crippen LogP contribution in [0.3, 0.4) is 0 Å². The van der Waals surface area contributed by atoms with E-state index in [9.17, 15) is 4.79 Å². The number of para-hydroxylation sites is 1. The molecule has 0 aliphatic carbocycles. The Morgan fingerprint density at radius 1 is 1.15 bits per heavy atom. The third-order valence-corrected chi connectivity index (χ3v) is 7.21. The van der Waals surface area contributed by atoms with Gasteiger partial charge < -0.3 is 10.1 Å². The Bertz CT molecular complexity index is 1190. The van der Waals surface area contributed by atoms with Crippen LogP contribution in [0.2, 0.25) is 10.0 Å². The number of piperidine rings is 1. The molecule has 3 heterocycles. The molecule has 0 saturated carbocycles. The van der Waals surface area contributed by atoms with Gasteiger partial charge in [-0.2, -0.15) is 5.10 Å². The van der Waals surface area contributed by atoms with Crippen LogP contribution in [0.15, 0.2) is 48.5 Å². The summed E-state index contributed by atoms with van der Waals surface area (Å²) < 4.78 is 7.60. The molecule has 2 aromatic carbocycles. The fraction of sp³-hybridized carbons (Fsp3) is 0.360. The van der Waals surface area contributed by atoms with E-state index in [-0.39, 0.29) is 24.0 Å². The number of hydrogen-bond donors (Lipinski definition) is 1. The summed E-state index contributed by atoms with van der Waals surface area (Å²) in [5, 5.41) is 9.81. The van der Waals surface area contributed by atoms with Gasteiger partial charge in [-0.05, 0) is 43.5 Å². The zero-order valence-electron chi connectivity index (χ0n) is 18.4. The van der Waals surface area contributed by atoms with Crippen LogP contribution >= 0.6 is 23.2 Å². The van der Waals surface area contributed by atoms with Gasteiger partial charge in [-0.1, -0.05) is 53.5 Å². The third-order valence-electron chi connectivity index (χ3n) is 6.48. The molecular weight excluding hydrogens is 459 g/mol. The molecule has 2 atom stereocenters. The topological polar surface area (TPSA) is 59.4 Å². The minimum absolute atomic E-state index is 0.0760. The Morgan fingerprint density at radius 2 is 1.91 bits per heavy atom. The van der Waals surface area contributed by atoms with Crippen LogP contribution in [0.1, 0.15) is 35.8 Å². The van der Waals surface area contributed by atoms with E-state index >= 15 is 0 Å². The maximum atomic E-state index is 13.2. The second-order valence-electron chi connectivity index (χ2n) is 8.70. The van der Waals surface area contributed by atoms with Gasteiger partial charge in [0.25, 0.3) is 5.91 Å². The van der Waals surface area contributed by atoms with Crippen molar-refractivity contribution in [3.8, 4) is 0 Å². The number of halogens is 2. The number of aromatic nitrogens is 2. The third kappa shape index (κ3) is 4.53. The molecule has 1 amide bonds. The summed E-state index contributed by atoms with van der Waals surface area (Å²) in [7, 11) is 0. The number of benzene rings is 2. The zero-order valence-corrected chi connectivity index (χ0v) is 19.9. The highest BCUT2D eigenvalue weighted by Gasteiger charge is 2.39. The molecule has 2 fully saturated rings. The van der Waals surface area contributed by atoms with Crippen LogP contribution in [-0.4, -0.2) is 51.9 Å². The SMILES string of the molecule is C/C=C/n1nc(C(=O)NC2CC3COCC(C2)N3Cc2ccc(Cl)c(Cl)c2)c2ccccc21. The van der Waals surface area contributed by atoms with E-state index in [4.69, 9.17) is 27.9 Å². The smallest absolute Gasteiger partial charge is 0.272 e. The Kier molecular flexibility index (Phi) is 6.43. The van der Waals surface area contributed by atoms with Gasteiger partial charge in [0.05, 0.1) is 28.8 Å². The minimum Gasteiger partial charge on any atom is -0.378 e. The summed E-state index contributed by atoms with van der Waals surface area (Å²) in [6.45, 7) is 4.03. The molecule has 3 aromatic rings. The molecule has 172 valence electrons. The molecule has 2 saturated heterocycles. The van der Waals surface area contributed by atoms with E-state index in [2.05, 4.69) is 15.3 Å². The fourth-order valence-electron chi connectivity index (χ4n) is 4.98. The van der Waals surface area contributed by atoms with Crippen LogP contribution in [0.25, 0.3) is 17.1 Å². The lowest BCUT2D eigenvalue weighted by Gasteiger charge is -2.48. The minimum atomic E-state index is -0.128. The van der Waals surface area contributed by atoms with Gasteiger partial charge in [-0.15, -0.1) is 0 Å². The monoisotopic (exact) mass is 484 g/mol. The maximum absolute atomic E-state index is 13.2. The van der Waals surface area contributed by atoms with Gasteiger partial charge in [-0.25, -0.2) is 4.68 Å². The van der Waals surface area contributed by atoms with Gasteiger partial charge in [0, 0.05) is 36.3 Å². The number of hydrogen-bond acceptors (Lipinski definition) is 4. The van der Waals surface area contributed by atoms with Gasteiger partial charge in [0.2, 0.25) is 0 Å². The number of nitrogens with one attached hydrogen (secondary N) is 1. The van der Waals surface area contributed by atoms with E-state index in [1.807, 2.05) is 61.7 Å². The number of morpholine rings is 1. The molecule has 2 unspecified atom stereocenters. The predicted octanol–water partition coefficient (Wildman–Crippen LogP) is 5.00. The molecule has 5 rings (SSSR count). The van der Waals surface area contributed by atoms with E-state index in [1.54, 1.807) is 4.68 Å². The largest absolute Gasteiger partial charge is 0.378 e. The van der Waals surface area contributed by atoms with Crippen molar-refractivity contribution in [1.29, 1.82) is 0 Å². The van der Waals surface area contributed by atoms with E-state index in [0.717, 1.165) is 35.9 Å². The normalized spacial score (nSPS) is 23.3. The van der Waals surface area contributed by atoms with E-state index < -0.39 is 0 Å². The highest BCUT2D eigenvalue weighted by Crippen LogP contribution is 2.31. The highest BCUT2D eigenvalue weighted by atomic mass is 35.5. The summed E-state index contributed by atoms with van der Waals surface area (Å²) in [6.07, 6.45) is 5.43. The van der Waals surface area contributed by atoms with Crippen LogP contribution in [0, 0.1) is 0 Å². The molecule has 33 heavy (non-hydrogen) atoms. The van der Waals surface area contributed by atoms with Crippen molar-refractivity contribution < 1.29 is 9.53 Å². The van der Waals surface area contributed by atoms with Crippen molar-refractivity contribution in [2.24, 2.45) is 0 Å². The quantitative estimate of drug-likeness (QED) is 0.553. The molecule has 1 N–H and O–H groups in total. The summed E-state index contributed by atoms with van der Waals surface area (Å²) in [6, 6.07) is 14.1. The van der Waals surface area contributed by atoms with E-state index in [1.165, 1.54) is 0 Å². The first-order valence-electron chi connectivity index (χ1n) is 11.2. The predicted molar refractivity (Wildman–Crippen MR) is 132 cm³/mol. The molecule has 1 aromatic heterocycles. The molecule has 0 radical (unpaired) electrons. The zero-order chi connectivity index (χ0) is 22.9. The van der Waals surface area contributed by atoms with Gasteiger partial charge in [0.15, 0.2) is 5.69 Å². The van der Waals surface area contributed by atoms with Crippen molar-refractivity contribution in [2.45, 2.75) is 44.4 Å². The van der Waals surface area contributed by atoms with Gasteiger partial charge in [0.1, 0.15) is 0 Å². The fourth-order valence-corrected chi connectivity index (χ4v) is 5.30. The number of fused-ring (bicyclic) bond motifs is 3. The lowest BCUT2D eigenvalue weighted by molar-refractivity contribution is -0.0843. The number of nitrogens with zero attached hydrogens (tertiary/aromatic N) is 3. The summed E-state index contributed by atoms with van der Waals surface area (Å²) in [5.41, 5.74) is 2.51. The summed E-state index contributed by atoms with van der Waals surface area (Å²) in [4.78, 5) is 15.7. The average Bonchev–Trinajstić information content (AvgIpc) is 3.16. The molecule has 2 bridgehead atoms. The maximum Gasteiger partial charge on any atom is 0.272 e. The van der Waals surface area contributed by atoms with Crippen molar-refractivity contribution in [3.63, 3.8) is 0 Å². The Morgan fingerprint density at radius 3 is 2.64 bits per heavy atom. The number of amides is 1. The number of rotatable bonds is 5.